The van der Waals surface area contributed by atoms with Crippen LogP contribution in [0.2, 0.25) is 0 Å². The standard InChI is InChI=1S/C8H15NO.C6H12.C4H7NO/c1-3-4-5-6-7-9(2)8-10;1-6-4-2-3-5-6;6-3-5-4-1-2-4/h3,8H,1,4-7H2,2H3;6H,2-5H2,1H3;3-4H,1-2H2,(H,5,6). The molecule has 2 amide bonds. The Morgan fingerprint density at radius 2 is 1.77 bits per heavy atom. The fourth-order valence-electron chi connectivity index (χ4n) is 2.18. The van der Waals surface area contributed by atoms with Gasteiger partial charge in [-0.1, -0.05) is 38.7 Å². The van der Waals surface area contributed by atoms with E-state index in [0.717, 1.165) is 44.5 Å². The third kappa shape index (κ3) is 15.1. The van der Waals surface area contributed by atoms with Gasteiger partial charge < -0.3 is 10.2 Å². The third-order valence-electron chi connectivity index (χ3n) is 3.87. The Morgan fingerprint density at radius 1 is 1.14 bits per heavy atom. The molecule has 0 heterocycles. The number of hydrogen-bond donors (Lipinski definition) is 1. The van der Waals surface area contributed by atoms with E-state index in [0.29, 0.717) is 6.04 Å². The number of nitrogens with one attached hydrogen (secondary N) is 1. The Kier molecular flexibility index (Phi) is 13.7. The number of carbonyl (C=O) groups excluding carboxylic acids is 2. The summed E-state index contributed by atoms with van der Waals surface area (Å²) in [4.78, 5) is 21.3. The number of hydrogen-bond acceptors (Lipinski definition) is 2. The Bertz CT molecular complexity index is 285. The minimum Gasteiger partial charge on any atom is -0.356 e. The molecule has 4 heteroatoms. The lowest BCUT2D eigenvalue weighted by molar-refractivity contribution is -0.117. The summed E-state index contributed by atoms with van der Waals surface area (Å²) in [6.07, 6.45) is 15.1. The molecule has 0 aromatic heterocycles. The van der Waals surface area contributed by atoms with Gasteiger partial charge in [-0.25, -0.2) is 0 Å². The Labute approximate surface area is 136 Å². The van der Waals surface area contributed by atoms with Crippen molar-refractivity contribution < 1.29 is 9.59 Å². The van der Waals surface area contributed by atoms with Gasteiger partial charge in [-0.15, -0.1) is 6.58 Å². The van der Waals surface area contributed by atoms with Gasteiger partial charge in [0.05, 0.1) is 0 Å². The maximum absolute atomic E-state index is 10.1. The second kappa shape index (κ2) is 14.6. The van der Waals surface area contributed by atoms with Crippen molar-refractivity contribution in [2.75, 3.05) is 13.6 Å². The first kappa shape index (κ1) is 20.7. The lowest BCUT2D eigenvalue weighted by Crippen LogP contribution is -2.16. The van der Waals surface area contributed by atoms with E-state index < -0.39 is 0 Å². The van der Waals surface area contributed by atoms with E-state index in [1.54, 1.807) is 11.9 Å². The molecule has 2 aliphatic rings. The highest BCUT2D eigenvalue weighted by Crippen LogP contribution is 2.22. The highest BCUT2D eigenvalue weighted by Gasteiger charge is 2.18. The molecule has 0 aromatic rings. The van der Waals surface area contributed by atoms with Crippen molar-refractivity contribution in [1.82, 2.24) is 10.2 Å². The highest BCUT2D eigenvalue weighted by atomic mass is 16.1. The first-order chi connectivity index (χ1) is 10.6. The number of nitrogens with zero attached hydrogens (tertiary/aromatic N) is 1. The van der Waals surface area contributed by atoms with Gasteiger partial charge in [0.25, 0.3) is 0 Å². The van der Waals surface area contributed by atoms with E-state index in [2.05, 4.69) is 18.8 Å². The molecule has 2 fully saturated rings. The van der Waals surface area contributed by atoms with Crippen LogP contribution in [0, 0.1) is 5.92 Å². The van der Waals surface area contributed by atoms with Gasteiger partial charge in [-0.05, 0) is 38.0 Å². The molecule has 0 saturated heterocycles. The number of carbonyl (C=O) groups is 2. The number of rotatable bonds is 8. The van der Waals surface area contributed by atoms with E-state index >= 15 is 0 Å². The third-order valence-corrected chi connectivity index (χ3v) is 3.87. The zero-order valence-electron chi connectivity index (χ0n) is 14.4. The van der Waals surface area contributed by atoms with E-state index in [1.165, 1.54) is 38.5 Å². The van der Waals surface area contributed by atoms with Crippen LogP contribution < -0.4 is 5.32 Å². The molecule has 0 spiro atoms. The molecule has 0 aliphatic heterocycles. The average Bonchev–Trinajstić information content (AvgIpc) is 3.22. The van der Waals surface area contributed by atoms with Crippen LogP contribution >= 0.6 is 0 Å². The maximum atomic E-state index is 10.1. The topological polar surface area (TPSA) is 49.4 Å². The van der Waals surface area contributed by atoms with Crippen LogP contribution in [-0.2, 0) is 9.59 Å². The summed E-state index contributed by atoms with van der Waals surface area (Å²) in [6, 6.07) is 0.530. The van der Waals surface area contributed by atoms with Gasteiger partial charge in [0, 0.05) is 19.6 Å². The summed E-state index contributed by atoms with van der Waals surface area (Å²) in [5.74, 6) is 1.05. The lowest BCUT2D eigenvalue weighted by Gasteiger charge is -2.08. The molecule has 1 N–H and O–H groups in total. The predicted molar refractivity (Wildman–Crippen MR) is 92.6 cm³/mol. The van der Waals surface area contributed by atoms with Gasteiger partial charge >= 0.3 is 0 Å². The second-order valence-corrected chi connectivity index (χ2v) is 6.32. The van der Waals surface area contributed by atoms with Crippen molar-refractivity contribution in [3.63, 3.8) is 0 Å². The highest BCUT2D eigenvalue weighted by molar-refractivity contribution is 5.47. The zero-order chi connectivity index (χ0) is 16.6. The van der Waals surface area contributed by atoms with Gasteiger partial charge in [0.1, 0.15) is 0 Å². The molecule has 0 atom stereocenters. The fourth-order valence-corrected chi connectivity index (χ4v) is 2.18. The quantitative estimate of drug-likeness (QED) is 0.423. The van der Waals surface area contributed by atoms with Crippen LogP contribution in [0.15, 0.2) is 12.7 Å². The smallest absolute Gasteiger partial charge is 0.209 e. The summed E-state index contributed by atoms with van der Waals surface area (Å²) in [5.41, 5.74) is 0. The van der Waals surface area contributed by atoms with Crippen LogP contribution in [0.25, 0.3) is 0 Å². The van der Waals surface area contributed by atoms with Gasteiger partial charge in [0.15, 0.2) is 0 Å². The van der Waals surface area contributed by atoms with E-state index in [-0.39, 0.29) is 0 Å². The van der Waals surface area contributed by atoms with Gasteiger partial charge in [-0.3, -0.25) is 9.59 Å². The molecule has 0 aromatic carbocycles. The molecule has 2 rings (SSSR count). The molecule has 2 aliphatic carbocycles. The summed E-state index contributed by atoms with van der Waals surface area (Å²) in [6.45, 7) is 6.81. The average molecular weight is 310 g/mol. The molecule has 0 unspecified atom stereocenters. The van der Waals surface area contributed by atoms with E-state index in [1.807, 2.05) is 6.08 Å². The molecule has 128 valence electrons. The SMILES string of the molecule is C=CCCCCN(C)C=O.CC1CCCC1.O=CNC1CC1. The maximum Gasteiger partial charge on any atom is 0.209 e. The van der Waals surface area contributed by atoms with Crippen molar-refractivity contribution in [3.8, 4) is 0 Å². The zero-order valence-corrected chi connectivity index (χ0v) is 14.4. The first-order valence-corrected chi connectivity index (χ1v) is 8.60. The lowest BCUT2D eigenvalue weighted by atomic mass is 10.2. The van der Waals surface area contributed by atoms with Crippen molar-refractivity contribution in [2.24, 2.45) is 5.92 Å². The molecule has 4 nitrogen and oxygen atoms in total. The summed E-state index contributed by atoms with van der Waals surface area (Å²) in [5, 5.41) is 2.64. The van der Waals surface area contributed by atoms with Gasteiger partial charge in [-0.2, -0.15) is 0 Å². The summed E-state index contributed by atoms with van der Waals surface area (Å²) >= 11 is 0. The number of amides is 2. The van der Waals surface area contributed by atoms with Crippen molar-refractivity contribution >= 4 is 12.8 Å². The van der Waals surface area contributed by atoms with Crippen molar-refractivity contribution in [1.29, 1.82) is 0 Å². The first-order valence-electron chi connectivity index (χ1n) is 8.60. The largest absolute Gasteiger partial charge is 0.356 e. The fraction of sp³-hybridized carbons (Fsp3) is 0.778. The van der Waals surface area contributed by atoms with Crippen molar-refractivity contribution in [2.45, 2.75) is 70.8 Å². The monoisotopic (exact) mass is 310 g/mol. The number of allylic oxidation sites excluding steroid dienone is 1. The molecule has 22 heavy (non-hydrogen) atoms. The molecular formula is C18H34N2O2. The van der Waals surface area contributed by atoms with Crippen LogP contribution in [-0.4, -0.2) is 37.4 Å². The minimum atomic E-state index is 0.530. The molecular weight excluding hydrogens is 276 g/mol. The van der Waals surface area contributed by atoms with Crippen LogP contribution in [0.3, 0.4) is 0 Å². The normalized spacial score (nSPS) is 16.5. The molecule has 0 bridgehead atoms. The van der Waals surface area contributed by atoms with Crippen molar-refractivity contribution in [3.05, 3.63) is 12.7 Å². The Hall–Kier alpha value is -1.32. The van der Waals surface area contributed by atoms with Crippen LogP contribution in [0.1, 0.15) is 64.7 Å². The van der Waals surface area contributed by atoms with Crippen LogP contribution in [0.4, 0.5) is 0 Å². The molecule has 2 saturated carbocycles. The minimum absolute atomic E-state index is 0.530. The second-order valence-electron chi connectivity index (χ2n) is 6.32. The van der Waals surface area contributed by atoms with Gasteiger partial charge in [0.2, 0.25) is 12.8 Å². The van der Waals surface area contributed by atoms with E-state index in [4.69, 9.17) is 0 Å². The summed E-state index contributed by atoms with van der Waals surface area (Å²) in [7, 11) is 1.79. The van der Waals surface area contributed by atoms with E-state index in [9.17, 15) is 9.59 Å². The summed E-state index contributed by atoms with van der Waals surface area (Å²) < 4.78 is 0. The number of unbranched alkanes of at least 4 members (excludes halogenated alkanes) is 2. The predicted octanol–water partition coefficient (Wildman–Crippen LogP) is 3.52. The molecule has 0 radical (unpaired) electrons. The Morgan fingerprint density at radius 3 is 2.09 bits per heavy atom. The van der Waals surface area contributed by atoms with Crippen LogP contribution in [0.5, 0.6) is 0 Å². The Balaban J connectivity index is 0.000000315.